The smallest absolute Gasteiger partial charge is 0.230 e. The van der Waals surface area contributed by atoms with E-state index in [2.05, 4.69) is 46.1 Å². The quantitative estimate of drug-likeness (QED) is 0.490. The Labute approximate surface area is 187 Å². The van der Waals surface area contributed by atoms with E-state index in [0.29, 0.717) is 5.92 Å². The van der Waals surface area contributed by atoms with E-state index in [4.69, 9.17) is 4.74 Å². The zero-order valence-electron chi connectivity index (χ0n) is 18.1. The predicted octanol–water partition coefficient (Wildman–Crippen LogP) is 4.76. The van der Waals surface area contributed by atoms with Gasteiger partial charge in [-0.1, -0.05) is 55.9 Å². The van der Waals surface area contributed by atoms with Gasteiger partial charge < -0.3 is 10.1 Å². The Morgan fingerprint density at radius 3 is 2.45 bits per heavy atom. The Kier molecular flexibility index (Phi) is 6.61. The van der Waals surface area contributed by atoms with Crippen molar-refractivity contribution in [1.82, 2.24) is 20.1 Å². The lowest BCUT2D eigenvalue weighted by Crippen LogP contribution is -2.33. The van der Waals surface area contributed by atoms with Crippen molar-refractivity contribution in [3.8, 4) is 11.4 Å². The second-order valence-corrected chi connectivity index (χ2v) is 9.08. The molecule has 1 saturated carbocycles. The number of ether oxygens (including phenoxy) is 1. The predicted molar refractivity (Wildman–Crippen MR) is 123 cm³/mol. The average Bonchev–Trinajstić information content (AvgIpc) is 3.55. The van der Waals surface area contributed by atoms with E-state index in [1.807, 2.05) is 42.5 Å². The van der Waals surface area contributed by atoms with Crippen LogP contribution in [0.1, 0.15) is 50.0 Å². The molecule has 162 valence electrons. The van der Waals surface area contributed by atoms with Gasteiger partial charge in [0, 0.05) is 11.6 Å². The molecular formula is C24H28N4O2S. The third kappa shape index (κ3) is 5.10. The zero-order valence-corrected chi connectivity index (χ0v) is 18.9. The molecule has 7 heteroatoms. The summed E-state index contributed by atoms with van der Waals surface area (Å²) in [4.78, 5) is 12.8. The number of para-hydroxylation sites is 1. The number of rotatable bonds is 9. The molecule has 6 nitrogen and oxygen atoms in total. The maximum atomic E-state index is 12.8. The van der Waals surface area contributed by atoms with E-state index in [1.54, 1.807) is 7.11 Å². The molecular weight excluding hydrogens is 408 g/mol. The molecule has 0 radical (unpaired) electrons. The van der Waals surface area contributed by atoms with Gasteiger partial charge in [-0.05, 0) is 48.6 Å². The fourth-order valence-corrected chi connectivity index (χ4v) is 4.36. The molecule has 0 saturated heterocycles. The molecule has 0 aliphatic heterocycles. The Balaban J connectivity index is 1.46. The number of nitrogens with zero attached hydrogens (tertiary/aromatic N) is 3. The first-order chi connectivity index (χ1) is 15.1. The van der Waals surface area contributed by atoms with Crippen LogP contribution in [0.25, 0.3) is 5.69 Å². The Morgan fingerprint density at radius 2 is 1.84 bits per heavy atom. The van der Waals surface area contributed by atoms with E-state index >= 15 is 0 Å². The molecule has 1 aliphatic rings. The van der Waals surface area contributed by atoms with Crippen molar-refractivity contribution in [3.05, 3.63) is 66.0 Å². The van der Waals surface area contributed by atoms with Crippen LogP contribution in [0, 0.1) is 5.92 Å². The van der Waals surface area contributed by atoms with Crippen LogP contribution in [0.5, 0.6) is 5.75 Å². The number of carbonyl (C=O) groups excluding carboxylic acids is 1. The summed E-state index contributed by atoms with van der Waals surface area (Å²) in [7, 11) is 1.65. The van der Waals surface area contributed by atoms with Gasteiger partial charge in [-0.2, -0.15) is 0 Å². The molecule has 4 rings (SSSR count). The summed E-state index contributed by atoms with van der Waals surface area (Å²) < 4.78 is 7.34. The number of amides is 1. The number of aromatic nitrogens is 3. The second-order valence-electron chi connectivity index (χ2n) is 8.14. The third-order valence-electron chi connectivity index (χ3n) is 5.41. The minimum absolute atomic E-state index is 0.0184. The van der Waals surface area contributed by atoms with Gasteiger partial charge in [0.25, 0.3) is 0 Å². The molecule has 1 amide bonds. The molecule has 1 heterocycles. The number of thioether (sulfide) groups is 1. The zero-order chi connectivity index (χ0) is 21.8. The summed E-state index contributed by atoms with van der Waals surface area (Å²) in [6.45, 7) is 4.21. The number of nitrogens with one attached hydrogen (secondary N) is 1. The van der Waals surface area contributed by atoms with Crippen molar-refractivity contribution in [2.24, 2.45) is 5.92 Å². The van der Waals surface area contributed by atoms with E-state index in [-0.39, 0.29) is 23.6 Å². The lowest BCUT2D eigenvalue weighted by Gasteiger charge is -2.23. The van der Waals surface area contributed by atoms with Crippen LogP contribution < -0.4 is 10.1 Å². The fourth-order valence-electron chi connectivity index (χ4n) is 3.59. The van der Waals surface area contributed by atoms with Gasteiger partial charge in [0.2, 0.25) is 5.91 Å². The Morgan fingerprint density at radius 1 is 1.13 bits per heavy atom. The molecule has 3 aromatic rings. The van der Waals surface area contributed by atoms with Gasteiger partial charge >= 0.3 is 0 Å². The Hall–Kier alpha value is -2.80. The van der Waals surface area contributed by atoms with E-state index < -0.39 is 0 Å². The molecule has 1 unspecified atom stereocenters. The van der Waals surface area contributed by atoms with Crippen molar-refractivity contribution >= 4 is 17.7 Å². The number of carbonyl (C=O) groups is 1. The van der Waals surface area contributed by atoms with Crippen LogP contribution in [0.4, 0.5) is 0 Å². The van der Waals surface area contributed by atoms with E-state index in [1.165, 1.54) is 11.8 Å². The molecule has 1 aliphatic carbocycles. The maximum absolute atomic E-state index is 12.8. The highest BCUT2D eigenvalue weighted by molar-refractivity contribution is 7.99. The molecule has 0 spiro atoms. The summed E-state index contributed by atoms with van der Waals surface area (Å²) in [5, 5.41) is 12.8. The van der Waals surface area contributed by atoms with Crippen LogP contribution >= 0.6 is 11.8 Å². The molecule has 1 atom stereocenters. The normalized spacial score (nSPS) is 14.5. The first kappa shape index (κ1) is 21.4. The summed E-state index contributed by atoms with van der Waals surface area (Å²) in [5.74, 6) is 2.80. The lowest BCUT2D eigenvalue weighted by molar-refractivity contribution is -0.119. The van der Waals surface area contributed by atoms with Gasteiger partial charge in [0.15, 0.2) is 5.16 Å². The number of hydrogen-bond acceptors (Lipinski definition) is 5. The van der Waals surface area contributed by atoms with E-state index in [9.17, 15) is 4.79 Å². The summed E-state index contributed by atoms with van der Waals surface area (Å²) >= 11 is 1.43. The molecule has 0 bridgehead atoms. The first-order valence-electron chi connectivity index (χ1n) is 10.6. The highest BCUT2D eigenvalue weighted by Gasteiger charge is 2.31. The van der Waals surface area contributed by atoms with Gasteiger partial charge in [0.05, 0.1) is 18.9 Å². The lowest BCUT2D eigenvalue weighted by atomic mass is 9.96. The number of methoxy groups -OCH3 is 1. The van der Waals surface area contributed by atoms with Crippen LogP contribution in [0.15, 0.2) is 59.8 Å². The highest BCUT2D eigenvalue weighted by atomic mass is 32.2. The maximum Gasteiger partial charge on any atom is 0.230 e. The van der Waals surface area contributed by atoms with Crippen LogP contribution in [-0.2, 0) is 4.79 Å². The summed E-state index contributed by atoms with van der Waals surface area (Å²) in [5.41, 5.74) is 2.10. The summed E-state index contributed by atoms with van der Waals surface area (Å²) in [6, 6.07) is 17.9. The standard InChI is InChI=1S/C24H28N4O2S/c1-16(2)22(17-11-13-20(30-3)14-12-17)25-21(29)15-31-24-27-26-23(18-9-10-18)28(24)19-7-5-4-6-8-19/h4-8,11-14,16,18,22H,9-10,15H2,1-3H3,(H,25,29). The molecule has 2 aromatic carbocycles. The molecule has 31 heavy (non-hydrogen) atoms. The monoisotopic (exact) mass is 436 g/mol. The topological polar surface area (TPSA) is 69.0 Å². The van der Waals surface area contributed by atoms with Gasteiger partial charge in [-0.3, -0.25) is 9.36 Å². The average molecular weight is 437 g/mol. The largest absolute Gasteiger partial charge is 0.497 e. The van der Waals surface area contributed by atoms with Crippen molar-refractivity contribution in [2.45, 2.75) is 43.8 Å². The third-order valence-corrected chi connectivity index (χ3v) is 6.33. The van der Waals surface area contributed by atoms with Gasteiger partial charge in [-0.25, -0.2) is 0 Å². The van der Waals surface area contributed by atoms with Crippen molar-refractivity contribution in [3.63, 3.8) is 0 Å². The van der Waals surface area contributed by atoms with Gasteiger partial charge in [-0.15, -0.1) is 10.2 Å². The molecule has 1 N–H and O–H groups in total. The van der Waals surface area contributed by atoms with Gasteiger partial charge in [0.1, 0.15) is 11.6 Å². The van der Waals surface area contributed by atoms with Crippen LogP contribution in [0.3, 0.4) is 0 Å². The van der Waals surface area contributed by atoms with Crippen molar-refractivity contribution < 1.29 is 9.53 Å². The first-order valence-corrected chi connectivity index (χ1v) is 11.6. The van der Waals surface area contributed by atoms with Crippen LogP contribution in [-0.4, -0.2) is 33.5 Å². The van der Waals surface area contributed by atoms with E-state index in [0.717, 1.165) is 40.8 Å². The molecule has 1 aromatic heterocycles. The van der Waals surface area contributed by atoms with Crippen LogP contribution in [0.2, 0.25) is 0 Å². The molecule has 1 fully saturated rings. The highest BCUT2D eigenvalue weighted by Crippen LogP contribution is 2.41. The van der Waals surface area contributed by atoms with Crippen molar-refractivity contribution in [1.29, 1.82) is 0 Å². The minimum atomic E-state index is -0.0620. The fraction of sp³-hybridized carbons (Fsp3) is 0.375. The SMILES string of the molecule is COc1ccc(C(NC(=O)CSc2nnc(C3CC3)n2-c2ccccc2)C(C)C)cc1. The second kappa shape index (κ2) is 9.56. The number of benzene rings is 2. The minimum Gasteiger partial charge on any atom is -0.497 e. The Bertz CT molecular complexity index is 1010. The van der Waals surface area contributed by atoms with Crippen molar-refractivity contribution in [2.75, 3.05) is 12.9 Å². The summed E-state index contributed by atoms with van der Waals surface area (Å²) in [6.07, 6.45) is 2.29. The number of hydrogen-bond donors (Lipinski definition) is 1.